The van der Waals surface area contributed by atoms with Crippen LogP contribution in [0.5, 0.6) is 0 Å². The molecule has 1 aromatic heterocycles. The molecule has 1 atom stereocenters. The Labute approximate surface area is 235 Å². The molecule has 3 aromatic carbocycles. The van der Waals surface area contributed by atoms with Gasteiger partial charge in [-0.25, -0.2) is 9.37 Å². The minimum absolute atomic E-state index is 0.0499. The lowest BCUT2D eigenvalue weighted by atomic mass is 9.87. The Hall–Kier alpha value is -3.35. The van der Waals surface area contributed by atoms with Crippen LogP contribution in [-0.2, 0) is 31.5 Å². The molecule has 4 aromatic rings. The maximum Gasteiger partial charge on any atom is 0.270 e. The van der Waals surface area contributed by atoms with Crippen molar-refractivity contribution in [1.82, 2.24) is 15.2 Å². The molecule has 204 valence electrons. The van der Waals surface area contributed by atoms with Gasteiger partial charge >= 0.3 is 0 Å². The number of hydrogen-bond acceptors (Lipinski definition) is 4. The van der Waals surface area contributed by atoms with Crippen LogP contribution in [0.2, 0.25) is 0 Å². The molecule has 4 nitrogen and oxygen atoms in total. The number of hydrogen-bond donors (Lipinski definition) is 1. The zero-order chi connectivity index (χ0) is 27.8. The predicted octanol–water partition coefficient (Wildman–Crippen LogP) is 7.53. The van der Waals surface area contributed by atoms with Crippen molar-refractivity contribution >= 4 is 17.2 Å². The third kappa shape index (κ3) is 8.84. The highest BCUT2D eigenvalue weighted by Crippen LogP contribution is 2.23. The summed E-state index contributed by atoms with van der Waals surface area (Å²) in [4.78, 5) is 19.8. The molecule has 0 radical (unpaired) electrons. The van der Waals surface area contributed by atoms with E-state index < -0.39 is 0 Å². The molecule has 0 fully saturated rings. The first-order chi connectivity index (χ1) is 18.7. The average Bonchev–Trinajstić information content (AvgIpc) is 3.38. The number of halogens is 1. The van der Waals surface area contributed by atoms with Crippen LogP contribution in [0.15, 0.2) is 84.2 Å². The van der Waals surface area contributed by atoms with E-state index in [0.29, 0.717) is 18.8 Å². The monoisotopic (exact) mass is 543 g/mol. The number of nitrogens with zero attached hydrogens (tertiary/aromatic N) is 2. The molecule has 1 heterocycles. The van der Waals surface area contributed by atoms with Gasteiger partial charge in [0.25, 0.3) is 5.91 Å². The highest BCUT2D eigenvalue weighted by atomic mass is 32.1. The molecule has 0 aliphatic heterocycles. The zero-order valence-electron chi connectivity index (χ0n) is 23.3. The summed E-state index contributed by atoms with van der Waals surface area (Å²) in [5.41, 5.74) is 5.35. The van der Waals surface area contributed by atoms with Crippen LogP contribution in [0.1, 0.15) is 71.9 Å². The van der Waals surface area contributed by atoms with Crippen LogP contribution in [0.3, 0.4) is 0 Å². The van der Waals surface area contributed by atoms with E-state index in [1.54, 1.807) is 0 Å². The van der Waals surface area contributed by atoms with E-state index in [1.807, 2.05) is 42.6 Å². The zero-order valence-corrected chi connectivity index (χ0v) is 24.1. The van der Waals surface area contributed by atoms with E-state index in [1.165, 1.54) is 40.2 Å². The number of carbonyl (C=O) groups is 1. The number of aryl methyl sites for hydroxylation is 1. The molecule has 1 unspecified atom stereocenters. The number of nitrogens with one attached hydrogen (secondary N) is 1. The standard InChI is InChI=1S/C33H38FN3OS/c1-24(10-11-25-8-6-5-7-9-25)35-32(38)30-23-39-31(36-30)22-37(21-27-14-18-29(34)19-15-27)20-26-12-16-28(17-13-26)33(2,3)4/h5-9,12-19,23-24H,10-11,20-22H2,1-4H3,(H,35,38). The van der Waals surface area contributed by atoms with Crippen molar-refractivity contribution in [2.45, 2.75) is 71.6 Å². The van der Waals surface area contributed by atoms with Gasteiger partial charge in [-0.05, 0) is 59.6 Å². The van der Waals surface area contributed by atoms with E-state index in [4.69, 9.17) is 0 Å². The Bertz CT molecular complexity index is 1330. The molecule has 6 heteroatoms. The van der Waals surface area contributed by atoms with Gasteiger partial charge < -0.3 is 5.32 Å². The van der Waals surface area contributed by atoms with Crippen LogP contribution in [0, 0.1) is 5.82 Å². The van der Waals surface area contributed by atoms with Crippen LogP contribution in [-0.4, -0.2) is 21.8 Å². The number of aromatic nitrogens is 1. The predicted molar refractivity (Wildman–Crippen MR) is 158 cm³/mol. The lowest BCUT2D eigenvalue weighted by Crippen LogP contribution is -2.33. The van der Waals surface area contributed by atoms with Crippen molar-refractivity contribution in [1.29, 1.82) is 0 Å². The van der Waals surface area contributed by atoms with Gasteiger partial charge in [0.2, 0.25) is 0 Å². The highest BCUT2D eigenvalue weighted by molar-refractivity contribution is 7.09. The molecule has 0 bridgehead atoms. The quantitative estimate of drug-likeness (QED) is 0.213. The molecule has 4 rings (SSSR count). The summed E-state index contributed by atoms with van der Waals surface area (Å²) in [6.45, 7) is 10.6. The van der Waals surface area contributed by atoms with Gasteiger partial charge in [0, 0.05) is 24.5 Å². The van der Waals surface area contributed by atoms with Crippen molar-refractivity contribution in [3.05, 3.63) is 123 Å². The Kier molecular flexibility index (Phi) is 9.65. The molecule has 0 aliphatic rings. The molecule has 39 heavy (non-hydrogen) atoms. The summed E-state index contributed by atoms with van der Waals surface area (Å²) < 4.78 is 13.5. The van der Waals surface area contributed by atoms with Gasteiger partial charge in [0.1, 0.15) is 16.5 Å². The van der Waals surface area contributed by atoms with Gasteiger partial charge in [-0.1, -0.05) is 87.5 Å². The van der Waals surface area contributed by atoms with Crippen LogP contribution >= 0.6 is 11.3 Å². The largest absolute Gasteiger partial charge is 0.348 e. The molecule has 0 saturated carbocycles. The van der Waals surface area contributed by atoms with Crippen molar-refractivity contribution in [2.24, 2.45) is 0 Å². The van der Waals surface area contributed by atoms with E-state index in [2.05, 4.69) is 72.4 Å². The van der Waals surface area contributed by atoms with Crippen molar-refractivity contribution < 1.29 is 9.18 Å². The topological polar surface area (TPSA) is 45.2 Å². The lowest BCUT2D eigenvalue weighted by Gasteiger charge is -2.23. The number of rotatable bonds is 11. The first kappa shape index (κ1) is 28.7. The third-order valence-electron chi connectivity index (χ3n) is 6.78. The van der Waals surface area contributed by atoms with Crippen LogP contribution in [0.25, 0.3) is 0 Å². The summed E-state index contributed by atoms with van der Waals surface area (Å²) in [5, 5.41) is 5.81. The highest BCUT2D eigenvalue weighted by Gasteiger charge is 2.17. The first-order valence-corrected chi connectivity index (χ1v) is 14.4. The van der Waals surface area contributed by atoms with Crippen LogP contribution in [0.4, 0.5) is 4.39 Å². The Morgan fingerprint density at radius 3 is 2.13 bits per heavy atom. The second-order valence-electron chi connectivity index (χ2n) is 11.2. The van der Waals surface area contributed by atoms with Gasteiger partial charge in [0.15, 0.2) is 0 Å². The first-order valence-electron chi connectivity index (χ1n) is 13.5. The van der Waals surface area contributed by atoms with E-state index in [0.717, 1.165) is 30.0 Å². The minimum Gasteiger partial charge on any atom is -0.348 e. The summed E-state index contributed by atoms with van der Waals surface area (Å²) in [7, 11) is 0. The minimum atomic E-state index is -0.239. The fourth-order valence-electron chi connectivity index (χ4n) is 4.46. The SMILES string of the molecule is CC(CCc1ccccc1)NC(=O)c1csc(CN(Cc2ccc(F)cc2)Cc2ccc(C(C)(C)C)cc2)n1. The Morgan fingerprint density at radius 1 is 0.897 bits per heavy atom. The smallest absolute Gasteiger partial charge is 0.270 e. The number of benzene rings is 3. The van der Waals surface area contributed by atoms with Crippen molar-refractivity contribution in [2.75, 3.05) is 0 Å². The maximum absolute atomic E-state index is 13.5. The normalized spacial score (nSPS) is 12.5. The second-order valence-corrected chi connectivity index (χ2v) is 12.2. The molecule has 0 spiro atoms. The van der Waals surface area contributed by atoms with Crippen LogP contribution < -0.4 is 5.32 Å². The maximum atomic E-state index is 13.5. The van der Waals surface area contributed by atoms with Crippen molar-refractivity contribution in [3.63, 3.8) is 0 Å². The molecule has 0 saturated heterocycles. The summed E-state index contributed by atoms with van der Waals surface area (Å²) >= 11 is 1.50. The Morgan fingerprint density at radius 2 is 1.51 bits per heavy atom. The van der Waals surface area contributed by atoms with Gasteiger partial charge in [-0.15, -0.1) is 11.3 Å². The number of amides is 1. The average molecular weight is 544 g/mol. The summed E-state index contributed by atoms with van der Waals surface area (Å²) in [6, 6.07) is 25.7. The van der Waals surface area contributed by atoms with E-state index >= 15 is 0 Å². The van der Waals surface area contributed by atoms with Gasteiger partial charge in [-0.2, -0.15) is 0 Å². The second kappa shape index (κ2) is 13.1. The van der Waals surface area contributed by atoms with Gasteiger partial charge in [0.05, 0.1) is 6.54 Å². The summed E-state index contributed by atoms with van der Waals surface area (Å²) in [5.74, 6) is -0.377. The Balaban J connectivity index is 1.40. The van der Waals surface area contributed by atoms with Gasteiger partial charge in [-0.3, -0.25) is 9.69 Å². The molecular formula is C33H38FN3OS. The molecule has 1 amide bonds. The fraction of sp³-hybridized carbons (Fsp3) is 0.333. The summed E-state index contributed by atoms with van der Waals surface area (Å²) in [6.07, 6.45) is 1.78. The third-order valence-corrected chi connectivity index (χ3v) is 7.61. The molecular weight excluding hydrogens is 505 g/mol. The molecule has 1 N–H and O–H groups in total. The van der Waals surface area contributed by atoms with E-state index in [9.17, 15) is 9.18 Å². The molecule has 0 aliphatic carbocycles. The number of carbonyl (C=O) groups excluding carboxylic acids is 1. The number of thiazole rings is 1. The lowest BCUT2D eigenvalue weighted by molar-refractivity contribution is 0.0933. The van der Waals surface area contributed by atoms with Crippen molar-refractivity contribution in [3.8, 4) is 0 Å². The van der Waals surface area contributed by atoms with E-state index in [-0.39, 0.29) is 23.2 Å². The fourth-order valence-corrected chi connectivity index (χ4v) is 5.28.